The maximum absolute atomic E-state index is 15.1. The lowest BCUT2D eigenvalue weighted by Gasteiger charge is -2.08. The molecule has 0 fully saturated rings. The molecule has 0 spiro atoms. The first-order chi connectivity index (χ1) is 13.5. The normalized spacial score (nSPS) is 10.9. The van der Waals surface area contributed by atoms with Gasteiger partial charge in [-0.1, -0.05) is 18.2 Å². The highest BCUT2D eigenvalue weighted by Crippen LogP contribution is 2.34. The summed E-state index contributed by atoms with van der Waals surface area (Å²) in [4.78, 5) is 24.9. The molecule has 0 aliphatic carbocycles. The third-order valence-corrected chi connectivity index (χ3v) is 4.73. The molecule has 0 saturated heterocycles. The molecule has 0 atom stereocenters. The number of aromatic nitrogens is 1. The van der Waals surface area contributed by atoms with Crippen molar-refractivity contribution < 1.29 is 23.5 Å². The number of esters is 1. The van der Waals surface area contributed by atoms with Crippen LogP contribution in [-0.2, 0) is 16.0 Å². The number of aryl methyl sites for hydroxylation is 1. The van der Waals surface area contributed by atoms with Crippen molar-refractivity contribution in [1.82, 2.24) is 4.57 Å². The minimum atomic E-state index is -0.540. The Hall–Kier alpha value is -3.15. The molecule has 3 rings (SSSR count). The molecule has 0 radical (unpaired) electrons. The first kappa shape index (κ1) is 19.6. The van der Waals surface area contributed by atoms with Gasteiger partial charge in [0.15, 0.2) is 11.6 Å². The molecule has 2 aromatic carbocycles. The number of nitrogens with zero attached hydrogens (tertiary/aromatic N) is 1. The molecular weight excluding hydrogens is 361 g/mol. The first-order valence-corrected chi connectivity index (χ1v) is 9.11. The van der Waals surface area contributed by atoms with Gasteiger partial charge in [-0.2, -0.15) is 0 Å². The largest absolute Gasteiger partial charge is 0.494 e. The minimum absolute atomic E-state index is 0.0918. The zero-order valence-corrected chi connectivity index (χ0v) is 16.1. The summed E-state index contributed by atoms with van der Waals surface area (Å²) in [6.07, 6.45) is 0.365. The van der Waals surface area contributed by atoms with Crippen molar-refractivity contribution in [3.05, 3.63) is 65.1 Å². The third-order valence-electron chi connectivity index (χ3n) is 4.73. The molecule has 1 heterocycles. The molecule has 146 valence electrons. The van der Waals surface area contributed by atoms with Crippen LogP contribution in [0, 0.1) is 12.7 Å². The highest BCUT2D eigenvalue weighted by Gasteiger charge is 2.24. The summed E-state index contributed by atoms with van der Waals surface area (Å²) in [5.74, 6) is -1.06. The average molecular weight is 383 g/mol. The fourth-order valence-electron chi connectivity index (χ4n) is 3.41. The van der Waals surface area contributed by atoms with Crippen molar-refractivity contribution in [2.75, 3.05) is 13.7 Å². The van der Waals surface area contributed by atoms with Crippen LogP contribution in [0.5, 0.6) is 5.75 Å². The SMILES string of the molecule is CCOC(=O)CCc1c(C)n(C(=O)c2ccccc2)c2ccc(OC)c(F)c12. The fraction of sp³-hybridized carbons (Fsp3) is 0.273. The third kappa shape index (κ3) is 3.50. The Kier molecular flexibility index (Phi) is 5.78. The topological polar surface area (TPSA) is 57.5 Å². The molecule has 28 heavy (non-hydrogen) atoms. The van der Waals surface area contributed by atoms with Crippen LogP contribution in [0.3, 0.4) is 0 Å². The summed E-state index contributed by atoms with van der Waals surface area (Å²) < 4.78 is 26.7. The van der Waals surface area contributed by atoms with Crippen LogP contribution in [0.2, 0.25) is 0 Å². The Labute approximate surface area is 162 Å². The van der Waals surface area contributed by atoms with E-state index < -0.39 is 5.82 Å². The van der Waals surface area contributed by atoms with E-state index in [1.54, 1.807) is 44.2 Å². The van der Waals surface area contributed by atoms with Gasteiger partial charge in [-0.25, -0.2) is 4.39 Å². The van der Waals surface area contributed by atoms with Crippen LogP contribution in [0.1, 0.15) is 35.0 Å². The molecule has 0 saturated carbocycles. The highest BCUT2D eigenvalue weighted by atomic mass is 19.1. The van der Waals surface area contributed by atoms with Gasteiger partial charge in [-0.05, 0) is 50.1 Å². The van der Waals surface area contributed by atoms with E-state index in [0.717, 1.165) is 0 Å². The number of carbonyl (C=O) groups is 2. The lowest BCUT2D eigenvalue weighted by atomic mass is 10.1. The molecule has 0 bridgehead atoms. The van der Waals surface area contributed by atoms with Crippen LogP contribution in [0.25, 0.3) is 10.9 Å². The van der Waals surface area contributed by atoms with E-state index in [9.17, 15) is 9.59 Å². The van der Waals surface area contributed by atoms with Crippen LogP contribution in [-0.4, -0.2) is 30.2 Å². The van der Waals surface area contributed by atoms with E-state index >= 15 is 4.39 Å². The number of rotatable bonds is 6. The van der Waals surface area contributed by atoms with Crippen molar-refractivity contribution in [3.63, 3.8) is 0 Å². The molecule has 0 amide bonds. The molecule has 0 unspecified atom stereocenters. The van der Waals surface area contributed by atoms with Gasteiger partial charge >= 0.3 is 5.97 Å². The highest BCUT2D eigenvalue weighted by molar-refractivity contribution is 6.04. The van der Waals surface area contributed by atoms with Gasteiger partial charge in [0.05, 0.1) is 19.2 Å². The van der Waals surface area contributed by atoms with E-state index in [1.807, 2.05) is 6.07 Å². The van der Waals surface area contributed by atoms with Crippen LogP contribution in [0.4, 0.5) is 4.39 Å². The predicted octanol–water partition coefficient (Wildman–Crippen LogP) is 4.28. The summed E-state index contributed by atoms with van der Waals surface area (Å²) in [5, 5.41) is 0.297. The Morgan fingerprint density at radius 2 is 1.82 bits per heavy atom. The summed E-state index contributed by atoms with van der Waals surface area (Å²) in [7, 11) is 1.39. The second-order valence-electron chi connectivity index (χ2n) is 6.35. The minimum Gasteiger partial charge on any atom is -0.494 e. The van der Waals surface area contributed by atoms with Gasteiger partial charge in [-0.3, -0.25) is 14.2 Å². The Morgan fingerprint density at radius 1 is 1.11 bits per heavy atom. The van der Waals surface area contributed by atoms with E-state index in [-0.39, 0.29) is 37.1 Å². The maximum Gasteiger partial charge on any atom is 0.306 e. The Balaban J connectivity index is 2.17. The molecule has 5 nitrogen and oxygen atoms in total. The second-order valence-corrected chi connectivity index (χ2v) is 6.35. The van der Waals surface area contributed by atoms with Gasteiger partial charge in [-0.15, -0.1) is 0 Å². The Bertz CT molecular complexity index is 1020. The number of fused-ring (bicyclic) bond motifs is 1. The monoisotopic (exact) mass is 383 g/mol. The zero-order valence-electron chi connectivity index (χ0n) is 16.1. The van der Waals surface area contributed by atoms with E-state index in [0.29, 0.717) is 27.7 Å². The molecule has 1 aromatic heterocycles. The van der Waals surface area contributed by atoms with E-state index in [2.05, 4.69) is 0 Å². The number of hydrogen-bond donors (Lipinski definition) is 0. The number of halogens is 1. The zero-order chi connectivity index (χ0) is 20.3. The van der Waals surface area contributed by atoms with Gasteiger partial charge < -0.3 is 9.47 Å². The first-order valence-electron chi connectivity index (χ1n) is 9.11. The van der Waals surface area contributed by atoms with Gasteiger partial charge in [0.25, 0.3) is 5.91 Å². The second kappa shape index (κ2) is 8.25. The van der Waals surface area contributed by atoms with Crippen molar-refractivity contribution >= 4 is 22.8 Å². The Morgan fingerprint density at radius 3 is 2.46 bits per heavy atom. The van der Waals surface area contributed by atoms with Gasteiger partial charge in [0.1, 0.15) is 0 Å². The quantitative estimate of drug-likeness (QED) is 0.596. The standard InChI is InChI=1S/C22H22FNO4/c1-4-28-19(25)13-10-16-14(2)24(22(26)15-8-6-5-7-9-15)17-11-12-18(27-3)21(23)20(16)17/h5-9,11-12H,4,10,13H2,1-3H3. The number of benzene rings is 2. The molecule has 3 aromatic rings. The molecule has 0 aliphatic rings. The van der Waals surface area contributed by atoms with Crippen molar-refractivity contribution in [1.29, 1.82) is 0 Å². The van der Waals surface area contributed by atoms with Gasteiger partial charge in [0, 0.05) is 23.1 Å². The number of ether oxygens (including phenoxy) is 2. The molecule has 0 N–H and O–H groups in total. The van der Waals surface area contributed by atoms with Crippen molar-refractivity contribution in [2.45, 2.75) is 26.7 Å². The van der Waals surface area contributed by atoms with Crippen LogP contribution in [0.15, 0.2) is 42.5 Å². The number of methoxy groups -OCH3 is 1. The maximum atomic E-state index is 15.1. The lowest BCUT2D eigenvalue weighted by Crippen LogP contribution is -2.14. The van der Waals surface area contributed by atoms with Gasteiger partial charge in [0.2, 0.25) is 0 Å². The van der Waals surface area contributed by atoms with Crippen LogP contribution < -0.4 is 4.74 Å². The molecule has 0 aliphatic heterocycles. The van der Waals surface area contributed by atoms with Crippen molar-refractivity contribution in [2.24, 2.45) is 0 Å². The van der Waals surface area contributed by atoms with Crippen LogP contribution >= 0.6 is 0 Å². The fourth-order valence-corrected chi connectivity index (χ4v) is 3.41. The number of hydrogen-bond acceptors (Lipinski definition) is 4. The van der Waals surface area contributed by atoms with E-state index in [1.165, 1.54) is 17.7 Å². The van der Waals surface area contributed by atoms with Crippen molar-refractivity contribution in [3.8, 4) is 5.75 Å². The molecular formula is C22H22FNO4. The summed E-state index contributed by atoms with van der Waals surface area (Å²) in [6.45, 7) is 3.78. The smallest absolute Gasteiger partial charge is 0.306 e. The molecule has 6 heteroatoms. The summed E-state index contributed by atoms with van der Waals surface area (Å²) in [6, 6.07) is 12.0. The summed E-state index contributed by atoms with van der Waals surface area (Å²) in [5.41, 5.74) is 2.14. The predicted molar refractivity (Wildman–Crippen MR) is 104 cm³/mol. The average Bonchev–Trinajstić information content (AvgIpc) is 2.99. The van der Waals surface area contributed by atoms with E-state index in [4.69, 9.17) is 9.47 Å². The number of carbonyl (C=O) groups excluding carboxylic acids is 2. The lowest BCUT2D eigenvalue weighted by molar-refractivity contribution is -0.143. The summed E-state index contributed by atoms with van der Waals surface area (Å²) >= 11 is 0.